The highest BCUT2D eigenvalue weighted by atomic mass is 16.5. The minimum absolute atomic E-state index is 0.0530. The number of piperidine rings is 1. The fraction of sp³-hybridized carbons (Fsp3) is 0.429. The first-order valence-corrected chi connectivity index (χ1v) is 12.6. The number of carbonyl (C=O) groups is 1. The normalized spacial score (nSPS) is 13.9. The van der Waals surface area contributed by atoms with Crippen LogP contribution in [0.2, 0.25) is 0 Å². The van der Waals surface area contributed by atoms with Crippen molar-refractivity contribution in [2.75, 3.05) is 40.5 Å². The molecule has 4 rings (SSSR count). The van der Waals surface area contributed by atoms with Gasteiger partial charge in [0.25, 0.3) is 5.56 Å². The molecule has 196 valence electrons. The van der Waals surface area contributed by atoms with E-state index in [1.165, 1.54) is 5.56 Å². The highest BCUT2D eigenvalue weighted by molar-refractivity contribution is 5.76. The van der Waals surface area contributed by atoms with E-state index in [1.807, 2.05) is 11.0 Å². The van der Waals surface area contributed by atoms with Gasteiger partial charge < -0.3 is 24.1 Å². The van der Waals surface area contributed by atoms with Crippen LogP contribution in [0, 0.1) is 5.92 Å². The summed E-state index contributed by atoms with van der Waals surface area (Å²) in [5.74, 6) is 2.05. The van der Waals surface area contributed by atoms with E-state index in [0.29, 0.717) is 42.0 Å². The number of benzene rings is 2. The molecule has 0 spiro atoms. The second-order valence-electron chi connectivity index (χ2n) is 9.17. The summed E-state index contributed by atoms with van der Waals surface area (Å²) in [6.45, 7) is 2.36. The van der Waals surface area contributed by atoms with Gasteiger partial charge in [0.15, 0.2) is 17.3 Å². The van der Waals surface area contributed by atoms with E-state index in [-0.39, 0.29) is 30.0 Å². The van der Waals surface area contributed by atoms with Gasteiger partial charge in [-0.05, 0) is 48.9 Å². The summed E-state index contributed by atoms with van der Waals surface area (Å²) in [5.41, 5.74) is 1.89. The first kappa shape index (κ1) is 26.3. The summed E-state index contributed by atoms with van der Waals surface area (Å²) in [6.07, 6.45) is 3.53. The number of nitrogens with one attached hydrogen (secondary N) is 1. The molecule has 1 aliphatic rings. The van der Waals surface area contributed by atoms with Crippen molar-refractivity contribution in [3.05, 3.63) is 70.1 Å². The fourth-order valence-corrected chi connectivity index (χ4v) is 4.54. The molecular weight excluding hydrogens is 472 g/mol. The number of H-pyrrole nitrogens is 1. The van der Waals surface area contributed by atoms with E-state index in [2.05, 4.69) is 39.4 Å². The minimum atomic E-state index is -0.348. The van der Waals surface area contributed by atoms with Crippen LogP contribution in [0.4, 0.5) is 0 Å². The van der Waals surface area contributed by atoms with Gasteiger partial charge in [-0.3, -0.25) is 9.59 Å². The molecule has 0 aliphatic carbocycles. The number of carbonyl (C=O) groups excluding carboxylic acids is 1. The maximum atomic E-state index is 12.8. The van der Waals surface area contributed by atoms with Crippen molar-refractivity contribution in [3.8, 4) is 22.9 Å². The van der Waals surface area contributed by atoms with Crippen LogP contribution in [0.5, 0.6) is 11.5 Å². The Labute approximate surface area is 216 Å². The van der Waals surface area contributed by atoms with Crippen molar-refractivity contribution in [1.82, 2.24) is 20.1 Å². The molecule has 2 heterocycles. The topological polar surface area (TPSA) is 107 Å². The molecule has 0 saturated carbocycles. The lowest BCUT2D eigenvalue weighted by Crippen LogP contribution is -2.39. The van der Waals surface area contributed by atoms with E-state index in [0.717, 1.165) is 32.4 Å². The van der Waals surface area contributed by atoms with Crippen LogP contribution in [-0.2, 0) is 22.4 Å². The molecule has 0 atom stereocenters. The van der Waals surface area contributed by atoms with Crippen molar-refractivity contribution >= 4 is 5.91 Å². The summed E-state index contributed by atoms with van der Waals surface area (Å²) in [7, 11) is 3.15. The predicted molar refractivity (Wildman–Crippen MR) is 140 cm³/mol. The Morgan fingerprint density at radius 3 is 2.51 bits per heavy atom. The third-order valence-electron chi connectivity index (χ3n) is 6.66. The van der Waals surface area contributed by atoms with Gasteiger partial charge in [0.2, 0.25) is 5.91 Å². The number of nitrogens with zero attached hydrogens (tertiary/aromatic N) is 3. The van der Waals surface area contributed by atoms with Gasteiger partial charge in [-0.2, -0.15) is 0 Å². The zero-order valence-corrected chi connectivity index (χ0v) is 21.4. The molecule has 2 aromatic carbocycles. The zero-order chi connectivity index (χ0) is 26.0. The number of aromatic nitrogens is 3. The lowest BCUT2D eigenvalue weighted by molar-refractivity contribution is -0.132. The lowest BCUT2D eigenvalue weighted by atomic mass is 9.90. The second kappa shape index (κ2) is 13.0. The SMILES string of the molecule is COCCOc1ccc(-c2nnc(CCC(=O)N3CCC(Cc4ccccc4)CC3)c(=O)[nH]2)cc1OC. The number of likely N-dealkylation sites (tertiary alicyclic amines) is 1. The minimum Gasteiger partial charge on any atom is -0.493 e. The van der Waals surface area contributed by atoms with Crippen LogP contribution in [0.3, 0.4) is 0 Å². The average molecular weight is 507 g/mol. The standard InChI is InChI=1S/C28H34N4O5/c1-35-16-17-37-24-10-8-22(19-25(24)36-2)27-29-28(34)23(30-31-27)9-11-26(33)32-14-12-21(13-15-32)18-20-6-4-3-5-7-20/h3-8,10,19,21H,9,11-18H2,1-2H3,(H,29,31,34). The van der Waals surface area contributed by atoms with E-state index >= 15 is 0 Å². The van der Waals surface area contributed by atoms with Gasteiger partial charge in [0.05, 0.1) is 13.7 Å². The Bertz CT molecular complexity index is 1220. The third-order valence-corrected chi connectivity index (χ3v) is 6.66. The van der Waals surface area contributed by atoms with Gasteiger partial charge in [0.1, 0.15) is 12.3 Å². The van der Waals surface area contributed by atoms with Crippen molar-refractivity contribution in [2.45, 2.75) is 32.1 Å². The number of ether oxygens (including phenoxy) is 3. The molecule has 1 aliphatic heterocycles. The molecule has 3 aromatic rings. The largest absolute Gasteiger partial charge is 0.493 e. The first-order chi connectivity index (χ1) is 18.1. The predicted octanol–water partition coefficient (Wildman–Crippen LogP) is 3.28. The number of hydrogen-bond donors (Lipinski definition) is 1. The summed E-state index contributed by atoms with van der Waals surface area (Å²) in [4.78, 5) is 30.1. The number of hydrogen-bond acceptors (Lipinski definition) is 7. The fourth-order valence-electron chi connectivity index (χ4n) is 4.54. The van der Waals surface area contributed by atoms with Crippen molar-refractivity contribution in [1.29, 1.82) is 0 Å². The number of aryl methyl sites for hydroxylation is 1. The van der Waals surface area contributed by atoms with Gasteiger partial charge in [-0.25, -0.2) is 0 Å². The molecule has 0 radical (unpaired) electrons. The Kier molecular flexibility index (Phi) is 9.26. The molecule has 1 amide bonds. The number of aromatic amines is 1. The Morgan fingerprint density at radius 1 is 1.03 bits per heavy atom. The molecule has 1 saturated heterocycles. The maximum Gasteiger partial charge on any atom is 0.273 e. The van der Waals surface area contributed by atoms with Gasteiger partial charge in [-0.1, -0.05) is 30.3 Å². The average Bonchev–Trinajstić information content (AvgIpc) is 2.93. The summed E-state index contributed by atoms with van der Waals surface area (Å²) < 4.78 is 16.0. The van der Waals surface area contributed by atoms with Crippen LogP contribution in [0.1, 0.15) is 30.5 Å². The van der Waals surface area contributed by atoms with Gasteiger partial charge in [0, 0.05) is 38.6 Å². The quantitative estimate of drug-likeness (QED) is 0.398. The monoisotopic (exact) mass is 506 g/mol. The molecule has 1 aromatic heterocycles. The number of rotatable bonds is 11. The molecule has 9 heteroatoms. The van der Waals surface area contributed by atoms with Gasteiger partial charge in [-0.15, -0.1) is 10.2 Å². The van der Waals surface area contributed by atoms with Crippen LogP contribution in [0.25, 0.3) is 11.4 Å². The van der Waals surface area contributed by atoms with Crippen LogP contribution in [-0.4, -0.2) is 66.5 Å². The zero-order valence-electron chi connectivity index (χ0n) is 21.4. The summed E-state index contributed by atoms with van der Waals surface area (Å²) in [5, 5.41) is 8.30. The summed E-state index contributed by atoms with van der Waals surface area (Å²) in [6, 6.07) is 15.7. The van der Waals surface area contributed by atoms with Gasteiger partial charge >= 0.3 is 0 Å². The van der Waals surface area contributed by atoms with E-state index in [9.17, 15) is 9.59 Å². The van der Waals surface area contributed by atoms with Crippen LogP contribution >= 0.6 is 0 Å². The van der Waals surface area contributed by atoms with Crippen LogP contribution in [0.15, 0.2) is 53.3 Å². The highest BCUT2D eigenvalue weighted by Crippen LogP contribution is 2.31. The van der Waals surface area contributed by atoms with E-state index in [1.54, 1.807) is 32.4 Å². The molecule has 37 heavy (non-hydrogen) atoms. The Balaban J connectivity index is 1.30. The second-order valence-corrected chi connectivity index (χ2v) is 9.17. The van der Waals surface area contributed by atoms with Crippen LogP contribution < -0.4 is 15.0 Å². The molecule has 1 N–H and O–H groups in total. The maximum absolute atomic E-state index is 12.8. The number of amides is 1. The molecule has 0 bridgehead atoms. The third kappa shape index (κ3) is 7.16. The number of methoxy groups -OCH3 is 2. The summed E-state index contributed by atoms with van der Waals surface area (Å²) >= 11 is 0. The molecule has 9 nitrogen and oxygen atoms in total. The molecular formula is C28H34N4O5. The lowest BCUT2D eigenvalue weighted by Gasteiger charge is -2.32. The smallest absolute Gasteiger partial charge is 0.273 e. The first-order valence-electron chi connectivity index (χ1n) is 12.6. The highest BCUT2D eigenvalue weighted by Gasteiger charge is 2.23. The Morgan fingerprint density at radius 2 is 1.81 bits per heavy atom. The Hall–Kier alpha value is -3.72. The van der Waals surface area contributed by atoms with E-state index < -0.39 is 0 Å². The molecule has 0 unspecified atom stereocenters. The van der Waals surface area contributed by atoms with Crippen molar-refractivity contribution < 1.29 is 19.0 Å². The van der Waals surface area contributed by atoms with Crippen molar-refractivity contribution in [3.63, 3.8) is 0 Å². The van der Waals surface area contributed by atoms with Crippen molar-refractivity contribution in [2.24, 2.45) is 5.92 Å². The van der Waals surface area contributed by atoms with E-state index in [4.69, 9.17) is 14.2 Å². The molecule has 1 fully saturated rings.